The van der Waals surface area contributed by atoms with E-state index in [0.717, 1.165) is 18.4 Å². The average Bonchev–Trinajstić information content (AvgIpc) is 2.77. The van der Waals surface area contributed by atoms with Crippen molar-refractivity contribution in [3.05, 3.63) is 71.3 Å². The van der Waals surface area contributed by atoms with Gasteiger partial charge in [0, 0.05) is 24.0 Å². The molecule has 3 atom stereocenters. The molecule has 0 heterocycles. The standard InChI is InChI=1S/C27H37NO3/c1-21(26(30)22(2)16-13-19-25-17-11-8-12-18-25)14-9-6-5-7-10-15-23(3)27(31)28-24(4)20-29/h8-9,11-12,14-18,21,24,26,29-30H,7,10,13,19-20H2,1-4H3,(H,28,31)/b14-9+,22-16+,23-15+/t21-,24+,26-/m1/s1. The molecule has 0 aliphatic carbocycles. The summed E-state index contributed by atoms with van der Waals surface area (Å²) in [5, 5.41) is 22.2. The van der Waals surface area contributed by atoms with Gasteiger partial charge in [0.15, 0.2) is 0 Å². The first kappa shape index (κ1) is 26.4. The fourth-order valence-electron chi connectivity index (χ4n) is 2.92. The molecule has 0 unspecified atom stereocenters. The number of carbonyl (C=O) groups excluding carboxylic acids is 1. The van der Waals surface area contributed by atoms with E-state index in [9.17, 15) is 9.90 Å². The van der Waals surface area contributed by atoms with Gasteiger partial charge in [-0.2, -0.15) is 0 Å². The van der Waals surface area contributed by atoms with E-state index in [4.69, 9.17) is 5.11 Å². The highest BCUT2D eigenvalue weighted by Gasteiger charge is 2.12. The molecule has 0 fully saturated rings. The molecule has 1 amide bonds. The lowest BCUT2D eigenvalue weighted by molar-refractivity contribution is -0.118. The van der Waals surface area contributed by atoms with Crippen LogP contribution in [0.3, 0.4) is 0 Å². The molecule has 1 rings (SSSR count). The molecule has 1 aromatic carbocycles. The molecule has 3 N–H and O–H groups in total. The number of aliphatic hydroxyl groups is 2. The zero-order valence-corrected chi connectivity index (χ0v) is 19.3. The SMILES string of the molecule is C/C(=C\CCC#C/C=C/[C@@H](C)[C@@H](O)/C(C)=C/CCc1ccccc1)C(=O)N[C@@H](C)CO. The van der Waals surface area contributed by atoms with Crippen molar-refractivity contribution in [3.63, 3.8) is 0 Å². The minimum atomic E-state index is -0.515. The summed E-state index contributed by atoms with van der Waals surface area (Å²) in [6.07, 6.45) is 10.4. The summed E-state index contributed by atoms with van der Waals surface area (Å²) in [6, 6.07) is 10.1. The lowest BCUT2D eigenvalue weighted by Gasteiger charge is -2.16. The summed E-state index contributed by atoms with van der Waals surface area (Å²) >= 11 is 0. The Kier molecular flexibility index (Phi) is 13.0. The highest BCUT2D eigenvalue weighted by atomic mass is 16.3. The highest BCUT2D eigenvalue weighted by molar-refractivity contribution is 5.92. The Labute approximate surface area is 187 Å². The smallest absolute Gasteiger partial charge is 0.246 e. The van der Waals surface area contributed by atoms with Gasteiger partial charge in [-0.3, -0.25) is 4.79 Å². The topological polar surface area (TPSA) is 69.6 Å². The first-order chi connectivity index (χ1) is 14.8. The Balaban J connectivity index is 2.38. The van der Waals surface area contributed by atoms with Crippen LogP contribution in [0.15, 0.2) is 65.8 Å². The van der Waals surface area contributed by atoms with Crippen molar-refractivity contribution in [2.75, 3.05) is 6.61 Å². The van der Waals surface area contributed by atoms with Gasteiger partial charge in [0.25, 0.3) is 0 Å². The number of hydrogen-bond donors (Lipinski definition) is 3. The summed E-state index contributed by atoms with van der Waals surface area (Å²) in [7, 11) is 0. The van der Waals surface area contributed by atoms with E-state index in [1.165, 1.54) is 5.56 Å². The molecule has 168 valence electrons. The predicted octanol–water partition coefficient (Wildman–Crippen LogP) is 4.35. The van der Waals surface area contributed by atoms with Crippen LogP contribution < -0.4 is 5.32 Å². The van der Waals surface area contributed by atoms with Gasteiger partial charge in [-0.1, -0.05) is 67.3 Å². The van der Waals surface area contributed by atoms with Crippen molar-refractivity contribution < 1.29 is 15.0 Å². The number of rotatable bonds is 11. The number of hydrogen-bond acceptors (Lipinski definition) is 3. The lowest BCUT2D eigenvalue weighted by atomic mass is 9.96. The van der Waals surface area contributed by atoms with Crippen molar-refractivity contribution >= 4 is 5.91 Å². The first-order valence-electron chi connectivity index (χ1n) is 11.0. The quantitative estimate of drug-likeness (QED) is 0.215. The van der Waals surface area contributed by atoms with Crippen molar-refractivity contribution in [2.45, 2.75) is 65.5 Å². The molecule has 4 nitrogen and oxygen atoms in total. The van der Waals surface area contributed by atoms with E-state index in [1.54, 1.807) is 19.9 Å². The largest absolute Gasteiger partial charge is 0.394 e. The van der Waals surface area contributed by atoms with Crippen LogP contribution in [0, 0.1) is 17.8 Å². The van der Waals surface area contributed by atoms with Crippen LogP contribution in [0.4, 0.5) is 0 Å². The zero-order valence-electron chi connectivity index (χ0n) is 19.3. The number of unbranched alkanes of at least 4 members (excludes halogenated alkanes) is 1. The lowest BCUT2D eigenvalue weighted by Crippen LogP contribution is -2.35. The summed E-state index contributed by atoms with van der Waals surface area (Å²) in [5.74, 6) is 5.88. The van der Waals surface area contributed by atoms with Gasteiger partial charge in [-0.05, 0) is 57.2 Å². The number of aryl methyl sites for hydroxylation is 1. The van der Waals surface area contributed by atoms with Crippen LogP contribution in [0.25, 0.3) is 0 Å². The second-order valence-corrected chi connectivity index (χ2v) is 7.94. The van der Waals surface area contributed by atoms with Gasteiger partial charge in [-0.15, -0.1) is 0 Å². The molecule has 0 spiro atoms. The minimum Gasteiger partial charge on any atom is -0.394 e. The van der Waals surface area contributed by atoms with E-state index >= 15 is 0 Å². The second kappa shape index (κ2) is 15.2. The number of carbonyl (C=O) groups is 1. The molecular weight excluding hydrogens is 386 g/mol. The number of nitrogens with one attached hydrogen (secondary N) is 1. The molecule has 4 heteroatoms. The maximum absolute atomic E-state index is 11.8. The molecule has 0 aliphatic rings. The average molecular weight is 424 g/mol. The summed E-state index contributed by atoms with van der Waals surface area (Å²) in [6.45, 7) is 7.38. The van der Waals surface area contributed by atoms with E-state index in [2.05, 4.69) is 35.4 Å². The molecule has 31 heavy (non-hydrogen) atoms. The maximum Gasteiger partial charge on any atom is 0.246 e. The van der Waals surface area contributed by atoms with Gasteiger partial charge < -0.3 is 15.5 Å². The van der Waals surface area contributed by atoms with E-state index in [1.807, 2.05) is 44.2 Å². The fraction of sp³-hybridized carbons (Fsp3) is 0.444. The first-order valence-corrected chi connectivity index (χ1v) is 11.0. The molecular formula is C27H37NO3. The number of aliphatic hydroxyl groups excluding tert-OH is 2. The Bertz CT molecular complexity index is 812. The third kappa shape index (κ3) is 11.4. The number of benzene rings is 1. The maximum atomic E-state index is 11.8. The Morgan fingerprint density at radius 2 is 1.84 bits per heavy atom. The van der Waals surface area contributed by atoms with Crippen LogP contribution in [-0.2, 0) is 11.2 Å². The van der Waals surface area contributed by atoms with Gasteiger partial charge in [0.2, 0.25) is 5.91 Å². The van der Waals surface area contributed by atoms with Crippen molar-refractivity contribution in [2.24, 2.45) is 5.92 Å². The van der Waals surface area contributed by atoms with Gasteiger partial charge in [0.05, 0.1) is 12.7 Å². The fourth-order valence-corrected chi connectivity index (χ4v) is 2.92. The zero-order chi connectivity index (χ0) is 23.1. The van der Waals surface area contributed by atoms with Gasteiger partial charge >= 0.3 is 0 Å². The third-order valence-corrected chi connectivity index (χ3v) is 5.02. The Hall–Kier alpha value is -2.61. The normalized spacial score (nSPS) is 15.2. The molecule has 0 saturated heterocycles. The van der Waals surface area contributed by atoms with Crippen LogP contribution >= 0.6 is 0 Å². The monoisotopic (exact) mass is 423 g/mol. The molecule has 0 aliphatic heterocycles. The molecule has 0 radical (unpaired) electrons. The van der Waals surface area contributed by atoms with Gasteiger partial charge in [0.1, 0.15) is 0 Å². The molecule has 1 aromatic rings. The molecule has 0 aromatic heterocycles. The number of amides is 1. The number of allylic oxidation sites excluding steroid dienone is 3. The predicted molar refractivity (Wildman–Crippen MR) is 128 cm³/mol. The van der Waals surface area contributed by atoms with E-state index in [-0.39, 0.29) is 24.5 Å². The second-order valence-electron chi connectivity index (χ2n) is 7.94. The highest BCUT2D eigenvalue weighted by Crippen LogP contribution is 2.15. The van der Waals surface area contributed by atoms with E-state index in [0.29, 0.717) is 18.4 Å². The van der Waals surface area contributed by atoms with E-state index < -0.39 is 6.10 Å². The van der Waals surface area contributed by atoms with Crippen molar-refractivity contribution in [3.8, 4) is 11.8 Å². The summed E-state index contributed by atoms with van der Waals surface area (Å²) in [5.41, 5.74) is 2.91. The summed E-state index contributed by atoms with van der Waals surface area (Å²) in [4.78, 5) is 11.8. The Morgan fingerprint density at radius 1 is 1.13 bits per heavy atom. The molecule has 0 saturated carbocycles. The van der Waals surface area contributed by atoms with Crippen LogP contribution in [-0.4, -0.2) is 34.9 Å². The molecule has 0 bridgehead atoms. The minimum absolute atomic E-state index is 0.0124. The van der Waals surface area contributed by atoms with Crippen LogP contribution in [0.5, 0.6) is 0 Å². The summed E-state index contributed by atoms with van der Waals surface area (Å²) < 4.78 is 0. The van der Waals surface area contributed by atoms with Crippen LogP contribution in [0.2, 0.25) is 0 Å². The van der Waals surface area contributed by atoms with Crippen molar-refractivity contribution in [1.29, 1.82) is 0 Å². The van der Waals surface area contributed by atoms with Gasteiger partial charge in [-0.25, -0.2) is 0 Å². The third-order valence-electron chi connectivity index (χ3n) is 5.02. The Morgan fingerprint density at radius 3 is 2.52 bits per heavy atom. The van der Waals surface area contributed by atoms with Crippen molar-refractivity contribution in [1.82, 2.24) is 5.32 Å². The van der Waals surface area contributed by atoms with Crippen LogP contribution in [0.1, 0.15) is 52.5 Å².